The molecule has 0 unspecified atom stereocenters. The van der Waals surface area contributed by atoms with E-state index in [0.717, 1.165) is 25.7 Å². The second-order valence-electron chi connectivity index (χ2n) is 7.24. The maximum absolute atomic E-state index is 11.4. The van der Waals surface area contributed by atoms with Crippen LogP contribution in [-0.4, -0.2) is 36.0 Å². The first-order valence-electron chi connectivity index (χ1n) is 9.51. The second kappa shape index (κ2) is 7.84. The average molecular weight is 393 g/mol. The molecule has 4 rings (SSSR count). The van der Waals surface area contributed by atoms with Crippen molar-refractivity contribution in [3.05, 3.63) is 86.5 Å². The number of anilines is 1. The summed E-state index contributed by atoms with van der Waals surface area (Å²) in [6.45, 7) is 3.92. The first-order valence-corrected chi connectivity index (χ1v) is 9.51. The molecule has 1 N–H and O–H groups in total. The van der Waals surface area contributed by atoms with Gasteiger partial charge in [0.15, 0.2) is 0 Å². The predicted molar refractivity (Wildman–Crippen MR) is 110 cm³/mol. The summed E-state index contributed by atoms with van der Waals surface area (Å²) in [6, 6.07) is 18.5. The summed E-state index contributed by atoms with van der Waals surface area (Å²) < 4.78 is 0. The van der Waals surface area contributed by atoms with Gasteiger partial charge in [0.1, 0.15) is 12.2 Å². The summed E-state index contributed by atoms with van der Waals surface area (Å²) in [5.74, 6) is 0. The Labute approximate surface area is 167 Å². The quantitative estimate of drug-likeness (QED) is 0.531. The molecule has 0 bridgehead atoms. The Morgan fingerprint density at radius 3 is 2.34 bits per heavy atom. The highest BCUT2D eigenvalue weighted by molar-refractivity contribution is 5.85. The van der Waals surface area contributed by atoms with E-state index in [4.69, 9.17) is 0 Å². The maximum atomic E-state index is 11.4. The fourth-order valence-electron chi connectivity index (χ4n) is 4.00. The molecular weight excluding hydrogens is 372 g/mol. The van der Waals surface area contributed by atoms with Crippen LogP contribution >= 0.6 is 0 Å². The molecule has 0 aromatic heterocycles. The van der Waals surface area contributed by atoms with Gasteiger partial charge in [0, 0.05) is 11.6 Å². The summed E-state index contributed by atoms with van der Waals surface area (Å²) >= 11 is 0. The molecule has 0 amide bonds. The van der Waals surface area contributed by atoms with Gasteiger partial charge in [-0.1, -0.05) is 42.5 Å². The van der Waals surface area contributed by atoms with E-state index >= 15 is 0 Å². The molecule has 3 aromatic rings. The van der Waals surface area contributed by atoms with Crippen LogP contribution in [0.4, 0.5) is 17.1 Å². The summed E-state index contributed by atoms with van der Waals surface area (Å²) in [5, 5.41) is 24.8. The first kappa shape index (κ1) is 18.8. The van der Waals surface area contributed by atoms with Gasteiger partial charge in [-0.25, -0.2) is 0 Å². The molecule has 0 atom stereocenters. The highest BCUT2D eigenvalue weighted by atomic mass is 16.6. The van der Waals surface area contributed by atoms with E-state index in [1.807, 2.05) is 17.0 Å². The van der Waals surface area contributed by atoms with Crippen LogP contribution in [0.3, 0.4) is 0 Å². The van der Waals surface area contributed by atoms with Gasteiger partial charge in [-0.2, -0.15) is 0 Å². The van der Waals surface area contributed by atoms with Gasteiger partial charge in [0.05, 0.1) is 42.1 Å². The number of fused-ring (bicyclic) bond motifs is 1. The Bertz CT molecular complexity index is 1070. The minimum absolute atomic E-state index is 0.211. The zero-order valence-electron chi connectivity index (χ0n) is 15.8. The van der Waals surface area contributed by atoms with Crippen LogP contribution in [0, 0.1) is 20.2 Å². The molecule has 1 saturated heterocycles. The lowest BCUT2D eigenvalue weighted by Gasteiger charge is -2.33. The number of benzene rings is 3. The van der Waals surface area contributed by atoms with Crippen molar-refractivity contribution in [3.63, 3.8) is 0 Å². The normalized spacial score (nSPS) is 14.8. The number of nitrogens with zero attached hydrogens (tertiary/aromatic N) is 3. The monoisotopic (exact) mass is 393 g/mol. The summed E-state index contributed by atoms with van der Waals surface area (Å²) in [7, 11) is 0. The molecule has 8 heteroatoms. The largest absolute Gasteiger partial charge is 0.355 e. The molecule has 0 radical (unpaired) electrons. The Balaban J connectivity index is 1.48. The van der Waals surface area contributed by atoms with Gasteiger partial charge >= 0.3 is 0 Å². The minimum Gasteiger partial charge on any atom is -0.355 e. The molecule has 29 heavy (non-hydrogen) atoms. The van der Waals surface area contributed by atoms with Crippen molar-refractivity contribution in [1.82, 2.24) is 0 Å². The Morgan fingerprint density at radius 1 is 0.897 bits per heavy atom. The van der Waals surface area contributed by atoms with Gasteiger partial charge in [-0.05, 0) is 16.8 Å². The van der Waals surface area contributed by atoms with Crippen LogP contribution in [0.2, 0.25) is 0 Å². The molecule has 0 spiro atoms. The highest BCUT2D eigenvalue weighted by Crippen LogP contribution is 2.32. The van der Waals surface area contributed by atoms with Crippen molar-refractivity contribution in [2.45, 2.75) is 6.54 Å². The Kier molecular flexibility index (Phi) is 5.09. The summed E-state index contributed by atoms with van der Waals surface area (Å²) in [4.78, 5) is 24.6. The third-order valence-corrected chi connectivity index (χ3v) is 5.50. The fraction of sp³-hybridized carbons (Fsp3) is 0.238. The number of nitro groups is 2. The highest BCUT2D eigenvalue weighted by Gasteiger charge is 2.27. The van der Waals surface area contributed by atoms with Gasteiger partial charge in [-0.3, -0.25) is 20.2 Å². The Morgan fingerprint density at radius 2 is 1.62 bits per heavy atom. The molecular formula is C21H21N4O4+. The van der Waals surface area contributed by atoms with Crippen LogP contribution < -0.4 is 9.80 Å². The van der Waals surface area contributed by atoms with Crippen LogP contribution in [0.15, 0.2) is 60.7 Å². The number of non-ortho nitro benzene ring substituents is 1. The molecule has 1 heterocycles. The zero-order valence-corrected chi connectivity index (χ0v) is 15.8. The number of quaternary nitrogens is 1. The molecule has 8 nitrogen and oxygen atoms in total. The van der Waals surface area contributed by atoms with Crippen LogP contribution in [0.5, 0.6) is 0 Å². The number of hydrogen-bond donors (Lipinski definition) is 1. The van der Waals surface area contributed by atoms with E-state index < -0.39 is 9.85 Å². The third kappa shape index (κ3) is 3.88. The van der Waals surface area contributed by atoms with Gasteiger partial charge in [0.25, 0.3) is 11.4 Å². The van der Waals surface area contributed by atoms with Crippen molar-refractivity contribution in [3.8, 4) is 0 Å². The number of piperazine rings is 1. The molecule has 0 saturated carbocycles. The fourth-order valence-corrected chi connectivity index (χ4v) is 4.00. The lowest BCUT2D eigenvalue weighted by Crippen LogP contribution is -3.13. The van der Waals surface area contributed by atoms with Crippen LogP contribution in [0.1, 0.15) is 5.56 Å². The van der Waals surface area contributed by atoms with Gasteiger partial charge < -0.3 is 9.80 Å². The van der Waals surface area contributed by atoms with E-state index in [0.29, 0.717) is 18.8 Å². The van der Waals surface area contributed by atoms with E-state index in [9.17, 15) is 20.2 Å². The van der Waals surface area contributed by atoms with Crippen molar-refractivity contribution in [2.24, 2.45) is 0 Å². The number of nitro benzene ring substituents is 2. The number of rotatable bonds is 5. The summed E-state index contributed by atoms with van der Waals surface area (Å²) in [5.41, 5.74) is 1.27. The SMILES string of the molecule is O=[N+]([O-])c1ccc(N2CC[NH+](Cc3cccc4ccccc34)CC2)c([N+](=O)[O-])c1. The van der Waals surface area contributed by atoms with Crippen LogP contribution in [0.25, 0.3) is 10.8 Å². The van der Waals surface area contributed by atoms with Crippen LogP contribution in [-0.2, 0) is 6.54 Å². The molecule has 1 aliphatic heterocycles. The van der Waals surface area contributed by atoms with Gasteiger partial charge in [0.2, 0.25) is 0 Å². The average Bonchev–Trinajstić information content (AvgIpc) is 2.74. The van der Waals surface area contributed by atoms with Crippen molar-refractivity contribution < 1.29 is 14.7 Å². The van der Waals surface area contributed by atoms with Crippen molar-refractivity contribution >= 4 is 27.8 Å². The number of hydrogen-bond acceptors (Lipinski definition) is 5. The third-order valence-electron chi connectivity index (χ3n) is 5.50. The topological polar surface area (TPSA) is 94.0 Å². The summed E-state index contributed by atoms with van der Waals surface area (Å²) in [6.07, 6.45) is 0. The number of nitrogens with one attached hydrogen (secondary N) is 1. The maximum Gasteiger partial charge on any atom is 0.299 e. The predicted octanol–water partition coefficient (Wildman–Crippen LogP) is 2.56. The first-order chi connectivity index (χ1) is 14.0. The lowest BCUT2D eigenvalue weighted by molar-refractivity contribution is -0.914. The molecule has 3 aromatic carbocycles. The minimum atomic E-state index is -0.608. The Hall–Kier alpha value is -3.52. The van der Waals surface area contributed by atoms with Gasteiger partial charge in [-0.15, -0.1) is 0 Å². The van der Waals surface area contributed by atoms with Crippen molar-refractivity contribution in [1.29, 1.82) is 0 Å². The van der Waals surface area contributed by atoms with E-state index in [-0.39, 0.29) is 11.4 Å². The molecule has 148 valence electrons. The van der Waals surface area contributed by atoms with E-state index in [1.165, 1.54) is 33.4 Å². The molecule has 1 aliphatic rings. The standard InChI is InChI=1S/C21H20N4O4/c26-24(27)18-8-9-20(21(14-18)25(28)29)23-12-10-22(11-13-23)15-17-6-3-5-16-4-1-2-7-19(16)17/h1-9,14H,10-13,15H2/p+1. The second-order valence-corrected chi connectivity index (χ2v) is 7.24. The van der Waals surface area contributed by atoms with E-state index in [2.05, 4.69) is 30.3 Å². The molecule has 1 fully saturated rings. The van der Waals surface area contributed by atoms with E-state index in [1.54, 1.807) is 0 Å². The smallest absolute Gasteiger partial charge is 0.299 e. The molecule has 0 aliphatic carbocycles. The zero-order chi connectivity index (χ0) is 20.4. The lowest BCUT2D eigenvalue weighted by atomic mass is 10.0. The van der Waals surface area contributed by atoms with Crippen molar-refractivity contribution in [2.75, 3.05) is 31.1 Å².